The van der Waals surface area contributed by atoms with Crippen LogP contribution in [0.3, 0.4) is 0 Å². The van der Waals surface area contributed by atoms with Crippen LogP contribution in [0.1, 0.15) is 17.4 Å². The van der Waals surface area contributed by atoms with E-state index in [1.165, 1.54) is 0 Å². The summed E-state index contributed by atoms with van der Waals surface area (Å²) in [6.45, 7) is 2.49. The maximum Gasteiger partial charge on any atom is 0.410 e. The summed E-state index contributed by atoms with van der Waals surface area (Å²) in [7, 11) is 2.05. The topological polar surface area (TPSA) is 61.5 Å². The number of carbonyl (C=O) groups excluding carboxylic acids is 1. The van der Waals surface area contributed by atoms with Crippen LogP contribution in [0.15, 0.2) is 36.5 Å². The first-order valence-electron chi connectivity index (χ1n) is 7.50. The number of halogens is 1. The fourth-order valence-electron chi connectivity index (χ4n) is 2.66. The number of amides is 1. The van der Waals surface area contributed by atoms with E-state index >= 15 is 0 Å². The number of likely N-dealkylation sites (N-methyl/N-ethyl adjacent to an activating group) is 1. The Bertz CT molecular complexity index is 661. The van der Waals surface area contributed by atoms with Crippen molar-refractivity contribution in [3.63, 3.8) is 0 Å². The number of rotatable bonds is 3. The highest BCUT2D eigenvalue weighted by Crippen LogP contribution is 2.24. The summed E-state index contributed by atoms with van der Waals surface area (Å²) in [5.41, 5.74) is 0.985. The molecule has 1 atom stereocenters. The lowest BCUT2D eigenvalue weighted by Crippen LogP contribution is -2.49. The number of benzene rings is 1. The molecule has 1 amide bonds. The quantitative estimate of drug-likeness (QED) is 0.767. The number of hydrogen-bond acceptors (Lipinski definition) is 4. The molecule has 1 saturated heterocycles. The molecule has 1 unspecified atom stereocenters. The van der Waals surface area contributed by atoms with Crippen molar-refractivity contribution < 1.29 is 9.53 Å². The summed E-state index contributed by atoms with van der Waals surface area (Å²) >= 11 is 2.18. The van der Waals surface area contributed by atoms with Gasteiger partial charge in [-0.2, -0.15) is 0 Å². The maximum atomic E-state index is 12.5. The fourth-order valence-corrected chi connectivity index (χ4v) is 3.07. The molecular formula is C16H19IN4O2. The molecule has 1 aromatic carbocycles. The van der Waals surface area contributed by atoms with Crippen LogP contribution in [-0.2, 0) is 11.3 Å². The molecule has 0 radical (unpaired) electrons. The number of nitrogens with one attached hydrogen (secondary N) is 1. The predicted molar refractivity (Wildman–Crippen MR) is 94.9 cm³/mol. The molecule has 0 spiro atoms. The van der Waals surface area contributed by atoms with E-state index < -0.39 is 0 Å². The number of carbonyl (C=O) groups is 1. The van der Waals surface area contributed by atoms with E-state index in [-0.39, 0.29) is 18.7 Å². The lowest BCUT2D eigenvalue weighted by Gasteiger charge is -2.38. The predicted octanol–water partition coefficient (Wildman–Crippen LogP) is 2.64. The second-order valence-electron chi connectivity index (χ2n) is 5.63. The molecule has 1 aromatic heterocycles. The molecule has 3 rings (SSSR count). The van der Waals surface area contributed by atoms with E-state index in [0.29, 0.717) is 6.54 Å². The number of nitrogens with zero attached hydrogens (tertiary/aromatic N) is 3. The van der Waals surface area contributed by atoms with Crippen molar-refractivity contribution in [1.29, 1.82) is 0 Å². The van der Waals surface area contributed by atoms with Crippen LogP contribution < -0.4 is 0 Å². The average molecular weight is 426 g/mol. The molecule has 0 bridgehead atoms. The second-order valence-corrected chi connectivity index (χ2v) is 6.79. The molecule has 2 heterocycles. The minimum atomic E-state index is -0.293. The van der Waals surface area contributed by atoms with Crippen LogP contribution in [0.2, 0.25) is 0 Å². The van der Waals surface area contributed by atoms with E-state index in [9.17, 15) is 4.79 Å². The van der Waals surface area contributed by atoms with Crippen molar-refractivity contribution in [3.05, 3.63) is 51.6 Å². The van der Waals surface area contributed by atoms with E-state index in [1.54, 1.807) is 11.1 Å². The first-order chi connectivity index (χ1) is 11.1. The van der Waals surface area contributed by atoms with Gasteiger partial charge in [0.25, 0.3) is 0 Å². The molecule has 1 N–H and O–H groups in total. The Balaban J connectivity index is 1.69. The third-order valence-electron chi connectivity index (χ3n) is 3.90. The number of aromatic nitrogens is 2. The van der Waals surface area contributed by atoms with Gasteiger partial charge in [-0.05, 0) is 35.2 Å². The Kier molecular flexibility index (Phi) is 5.16. The zero-order chi connectivity index (χ0) is 16.2. The number of H-pyrrole nitrogens is 1. The standard InChI is InChI=1S/C16H19IN4O2/c1-20-7-8-21(13(10-20)15-18-9-14(17)19-15)16(22)23-11-12-5-3-2-4-6-12/h2-6,9,13H,7-8,10-11H2,1H3,(H,18,19). The van der Waals surface area contributed by atoms with E-state index in [2.05, 4.69) is 37.5 Å². The molecule has 1 fully saturated rings. The fraction of sp³-hybridized carbons (Fsp3) is 0.375. The maximum absolute atomic E-state index is 12.5. The minimum absolute atomic E-state index is 0.111. The van der Waals surface area contributed by atoms with Crippen molar-refractivity contribution >= 4 is 28.7 Å². The molecule has 0 aliphatic carbocycles. The normalized spacial score (nSPS) is 18.9. The third kappa shape index (κ3) is 4.03. The van der Waals surface area contributed by atoms with Gasteiger partial charge in [0.05, 0.1) is 9.90 Å². The largest absolute Gasteiger partial charge is 0.445 e. The van der Waals surface area contributed by atoms with E-state index in [4.69, 9.17) is 4.74 Å². The molecule has 2 aromatic rings. The van der Waals surface area contributed by atoms with Gasteiger partial charge in [0.15, 0.2) is 0 Å². The van der Waals surface area contributed by atoms with Gasteiger partial charge in [-0.25, -0.2) is 9.78 Å². The summed E-state index contributed by atoms with van der Waals surface area (Å²) in [5, 5.41) is 0. The average Bonchev–Trinajstić information content (AvgIpc) is 3.00. The van der Waals surface area contributed by atoms with Crippen molar-refractivity contribution in [3.8, 4) is 0 Å². The minimum Gasteiger partial charge on any atom is -0.445 e. The van der Waals surface area contributed by atoms with Crippen molar-refractivity contribution in [2.24, 2.45) is 0 Å². The summed E-state index contributed by atoms with van der Waals surface area (Å²) < 4.78 is 6.45. The number of hydrogen-bond donors (Lipinski definition) is 1. The van der Waals surface area contributed by atoms with Crippen LogP contribution in [-0.4, -0.2) is 52.5 Å². The van der Waals surface area contributed by atoms with Crippen LogP contribution in [0.5, 0.6) is 0 Å². The highest BCUT2D eigenvalue weighted by Gasteiger charge is 2.33. The zero-order valence-corrected chi connectivity index (χ0v) is 15.1. The van der Waals surface area contributed by atoms with Gasteiger partial charge in [0, 0.05) is 19.6 Å². The molecule has 23 heavy (non-hydrogen) atoms. The lowest BCUT2D eigenvalue weighted by atomic mass is 10.1. The van der Waals surface area contributed by atoms with Gasteiger partial charge in [-0.3, -0.25) is 4.90 Å². The first kappa shape index (κ1) is 16.3. The van der Waals surface area contributed by atoms with Crippen LogP contribution in [0.25, 0.3) is 0 Å². The van der Waals surface area contributed by atoms with Gasteiger partial charge in [0.2, 0.25) is 0 Å². The highest BCUT2D eigenvalue weighted by atomic mass is 127. The summed E-state index contributed by atoms with van der Waals surface area (Å²) in [5.74, 6) is 0.803. The zero-order valence-electron chi connectivity index (χ0n) is 12.9. The summed E-state index contributed by atoms with van der Waals surface area (Å²) in [6, 6.07) is 9.60. The van der Waals surface area contributed by atoms with Gasteiger partial charge in [-0.1, -0.05) is 30.3 Å². The monoisotopic (exact) mass is 426 g/mol. The van der Waals surface area contributed by atoms with Crippen molar-refractivity contribution in [2.45, 2.75) is 12.6 Å². The van der Waals surface area contributed by atoms with Crippen LogP contribution in [0, 0.1) is 3.70 Å². The smallest absolute Gasteiger partial charge is 0.410 e. The third-order valence-corrected chi connectivity index (χ3v) is 4.45. The Morgan fingerprint density at radius 2 is 2.17 bits per heavy atom. The molecule has 7 heteroatoms. The molecule has 0 saturated carbocycles. The molecule has 122 valence electrons. The number of piperazine rings is 1. The van der Waals surface area contributed by atoms with Gasteiger partial charge in [0.1, 0.15) is 18.5 Å². The molecular weight excluding hydrogens is 407 g/mol. The highest BCUT2D eigenvalue weighted by molar-refractivity contribution is 14.1. The summed E-state index contributed by atoms with van der Waals surface area (Å²) in [4.78, 5) is 24.1. The lowest BCUT2D eigenvalue weighted by molar-refractivity contribution is 0.0468. The second kappa shape index (κ2) is 7.31. The number of aromatic amines is 1. The Morgan fingerprint density at radius 3 is 2.87 bits per heavy atom. The van der Waals surface area contributed by atoms with Gasteiger partial charge >= 0.3 is 6.09 Å². The number of ether oxygens (including phenoxy) is 1. The Hall–Kier alpha value is -1.61. The van der Waals surface area contributed by atoms with Gasteiger partial charge in [-0.15, -0.1) is 0 Å². The molecule has 1 aliphatic heterocycles. The van der Waals surface area contributed by atoms with Gasteiger partial charge < -0.3 is 14.6 Å². The van der Waals surface area contributed by atoms with Crippen LogP contribution in [0.4, 0.5) is 4.79 Å². The van der Waals surface area contributed by atoms with E-state index in [0.717, 1.165) is 28.2 Å². The Labute approximate surface area is 149 Å². The van der Waals surface area contributed by atoms with E-state index in [1.807, 2.05) is 37.4 Å². The van der Waals surface area contributed by atoms with Crippen molar-refractivity contribution in [1.82, 2.24) is 19.8 Å². The molecule has 6 nitrogen and oxygen atoms in total. The van der Waals surface area contributed by atoms with Crippen molar-refractivity contribution in [2.75, 3.05) is 26.7 Å². The SMILES string of the molecule is CN1CCN(C(=O)OCc2ccccc2)C(c2ncc(I)[nH]2)C1. The summed E-state index contributed by atoms with van der Waals surface area (Å²) in [6.07, 6.45) is 1.48. The number of imidazole rings is 1. The van der Waals surface area contributed by atoms with Crippen LogP contribution >= 0.6 is 22.6 Å². The Morgan fingerprint density at radius 1 is 1.39 bits per heavy atom. The first-order valence-corrected chi connectivity index (χ1v) is 8.57. The molecule has 1 aliphatic rings.